The summed E-state index contributed by atoms with van der Waals surface area (Å²) in [6.07, 6.45) is -4.48. The maximum absolute atomic E-state index is 12.9. The number of nitrogens with one attached hydrogen (secondary N) is 2. The monoisotopic (exact) mass is 482 g/mol. The number of hydrogen-bond donors (Lipinski definition) is 2. The van der Waals surface area contributed by atoms with Crippen molar-refractivity contribution in [3.8, 4) is 22.8 Å². The van der Waals surface area contributed by atoms with Crippen LogP contribution in [-0.2, 0) is 6.18 Å². The minimum Gasteiger partial charge on any atom is -0.457 e. The summed E-state index contributed by atoms with van der Waals surface area (Å²) in [4.78, 5) is 12.5. The Morgan fingerprint density at radius 2 is 1.59 bits per heavy atom. The predicted octanol–water partition coefficient (Wildman–Crippen LogP) is 6.88. The molecule has 0 atom stereocenters. The molecule has 3 aromatic carbocycles. The molecule has 0 saturated carbocycles. The number of rotatable bonds is 5. The van der Waals surface area contributed by atoms with E-state index in [2.05, 4.69) is 10.6 Å². The number of anilines is 1. The van der Waals surface area contributed by atoms with E-state index in [0.717, 1.165) is 12.1 Å². The second-order valence-corrected chi connectivity index (χ2v) is 7.50. The number of para-hydroxylation sites is 1. The highest BCUT2D eigenvalue weighted by molar-refractivity contribution is 7.80. The van der Waals surface area contributed by atoms with Gasteiger partial charge in [-0.2, -0.15) is 13.2 Å². The third-order valence-corrected chi connectivity index (χ3v) is 4.81. The number of benzene rings is 3. The highest BCUT2D eigenvalue weighted by Crippen LogP contribution is 2.32. The number of furan rings is 1. The van der Waals surface area contributed by atoms with E-state index in [4.69, 9.17) is 21.4 Å². The molecule has 172 valence electrons. The SMILES string of the molecule is O=C(NC(=S)Nc1cccc(Oc2ccccc2)c1)c1ccc(-c2cccc(C(F)(F)F)c2)o1. The van der Waals surface area contributed by atoms with E-state index in [1.54, 1.807) is 24.3 Å². The van der Waals surface area contributed by atoms with E-state index in [1.165, 1.54) is 24.3 Å². The molecule has 0 aliphatic heterocycles. The summed E-state index contributed by atoms with van der Waals surface area (Å²) in [7, 11) is 0. The van der Waals surface area contributed by atoms with Gasteiger partial charge in [0.1, 0.15) is 17.3 Å². The summed E-state index contributed by atoms with van der Waals surface area (Å²) in [6, 6.07) is 23.7. The van der Waals surface area contributed by atoms with Crippen molar-refractivity contribution in [2.75, 3.05) is 5.32 Å². The van der Waals surface area contributed by atoms with Gasteiger partial charge in [-0.05, 0) is 60.7 Å². The first kappa shape index (κ1) is 23.1. The van der Waals surface area contributed by atoms with Crippen molar-refractivity contribution in [3.05, 3.63) is 102 Å². The van der Waals surface area contributed by atoms with E-state index in [0.29, 0.717) is 17.2 Å². The summed E-state index contributed by atoms with van der Waals surface area (Å²) in [5.41, 5.74) is -0.0242. The highest BCUT2D eigenvalue weighted by atomic mass is 32.1. The lowest BCUT2D eigenvalue weighted by Crippen LogP contribution is -2.33. The number of ether oxygens (including phenoxy) is 1. The van der Waals surface area contributed by atoms with Gasteiger partial charge in [0, 0.05) is 17.3 Å². The number of carbonyl (C=O) groups is 1. The molecule has 0 fully saturated rings. The van der Waals surface area contributed by atoms with Crippen molar-refractivity contribution in [2.45, 2.75) is 6.18 Å². The van der Waals surface area contributed by atoms with Gasteiger partial charge in [-0.1, -0.05) is 36.4 Å². The van der Waals surface area contributed by atoms with Crippen LogP contribution < -0.4 is 15.4 Å². The second-order valence-electron chi connectivity index (χ2n) is 7.09. The molecule has 0 unspecified atom stereocenters. The molecule has 0 aliphatic carbocycles. The molecule has 1 aromatic heterocycles. The van der Waals surface area contributed by atoms with E-state index in [-0.39, 0.29) is 22.2 Å². The Balaban J connectivity index is 1.39. The van der Waals surface area contributed by atoms with Crippen molar-refractivity contribution in [1.29, 1.82) is 0 Å². The maximum Gasteiger partial charge on any atom is 0.416 e. The summed E-state index contributed by atoms with van der Waals surface area (Å²) >= 11 is 5.19. The van der Waals surface area contributed by atoms with Gasteiger partial charge in [0.25, 0.3) is 5.91 Å². The average molecular weight is 482 g/mol. The van der Waals surface area contributed by atoms with Crippen LogP contribution in [0.25, 0.3) is 11.3 Å². The Labute approximate surface area is 198 Å². The van der Waals surface area contributed by atoms with Gasteiger partial charge in [0.2, 0.25) is 0 Å². The Morgan fingerprint density at radius 3 is 2.35 bits per heavy atom. The lowest BCUT2D eigenvalue weighted by atomic mass is 10.1. The number of alkyl halides is 3. The number of halogens is 3. The molecule has 0 saturated heterocycles. The molecule has 0 spiro atoms. The normalized spacial score (nSPS) is 11.0. The van der Waals surface area contributed by atoms with Crippen LogP contribution in [0.1, 0.15) is 16.1 Å². The fraction of sp³-hybridized carbons (Fsp3) is 0.0400. The molecule has 5 nitrogen and oxygen atoms in total. The van der Waals surface area contributed by atoms with Crippen LogP contribution in [-0.4, -0.2) is 11.0 Å². The second kappa shape index (κ2) is 9.80. The Kier molecular flexibility index (Phi) is 6.65. The smallest absolute Gasteiger partial charge is 0.416 e. The van der Waals surface area contributed by atoms with Gasteiger partial charge >= 0.3 is 6.18 Å². The zero-order valence-electron chi connectivity index (χ0n) is 17.4. The lowest BCUT2D eigenvalue weighted by molar-refractivity contribution is -0.137. The van der Waals surface area contributed by atoms with Crippen LogP contribution in [0.4, 0.5) is 18.9 Å². The number of amides is 1. The summed E-state index contributed by atoms with van der Waals surface area (Å²) in [6.45, 7) is 0. The minimum absolute atomic E-state index is 0.0129. The van der Waals surface area contributed by atoms with E-state index >= 15 is 0 Å². The van der Waals surface area contributed by atoms with Crippen LogP contribution >= 0.6 is 12.2 Å². The first-order chi connectivity index (χ1) is 16.3. The first-order valence-corrected chi connectivity index (χ1v) is 10.4. The lowest BCUT2D eigenvalue weighted by Gasteiger charge is -2.11. The fourth-order valence-corrected chi connectivity index (χ4v) is 3.26. The van der Waals surface area contributed by atoms with Gasteiger partial charge < -0.3 is 14.5 Å². The molecule has 2 N–H and O–H groups in total. The molecule has 0 radical (unpaired) electrons. The van der Waals surface area contributed by atoms with E-state index in [1.807, 2.05) is 30.3 Å². The molecule has 1 amide bonds. The third kappa shape index (κ3) is 5.81. The Bertz CT molecular complexity index is 1320. The minimum atomic E-state index is -4.48. The van der Waals surface area contributed by atoms with Crippen molar-refractivity contribution < 1.29 is 27.1 Å². The van der Waals surface area contributed by atoms with Gasteiger partial charge in [-0.15, -0.1) is 0 Å². The molecular weight excluding hydrogens is 465 g/mol. The molecule has 4 aromatic rings. The van der Waals surface area contributed by atoms with Crippen LogP contribution in [0.3, 0.4) is 0 Å². The topological polar surface area (TPSA) is 63.5 Å². The van der Waals surface area contributed by atoms with Crippen molar-refractivity contribution in [3.63, 3.8) is 0 Å². The van der Waals surface area contributed by atoms with Gasteiger partial charge in [0.05, 0.1) is 5.56 Å². The van der Waals surface area contributed by atoms with Crippen LogP contribution in [0, 0.1) is 0 Å². The Morgan fingerprint density at radius 1 is 0.853 bits per heavy atom. The molecule has 4 rings (SSSR count). The third-order valence-electron chi connectivity index (χ3n) is 4.60. The number of thiocarbonyl (C=S) groups is 1. The van der Waals surface area contributed by atoms with E-state index in [9.17, 15) is 18.0 Å². The molecule has 1 heterocycles. The number of hydrogen-bond acceptors (Lipinski definition) is 4. The summed E-state index contributed by atoms with van der Waals surface area (Å²) < 4.78 is 50.1. The highest BCUT2D eigenvalue weighted by Gasteiger charge is 2.30. The first-order valence-electron chi connectivity index (χ1n) is 10.0. The van der Waals surface area contributed by atoms with Crippen molar-refractivity contribution >= 4 is 28.9 Å². The average Bonchev–Trinajstić information content (AvgIpc) is 3.30. The largest absolute Gasteiger partial charge is 0.457 e. The molecule has 9 heteroatoms. The maximum atomic E-state index is 12.9. The van der Waals surface area contributed by atoms with Crippen LogP contribution in [0.5, 0.6) is 11.5 Å². The quantitative estimate of drug-likeness (QED) is 0.304. The van der Waals surface area contributed by atoms with Crippen LogP contribution in [0.2, 0.25) is 0 Å². The van der Waals surface area contributed by atoms with Crippen LogP contribution in [0.15, 0.2) is 95.4 Å². The molecule has 0 bridgehead atoms. The molecule has 34 heavy (non-hydrogen) atoms. The van der Waals surface area contributed by atoms with Gasteiger partial charge in [-0.3, -0.25) is 10.1 Å². The van der Waals surface area contributed by atoms with Gasteiger partial charge in [0.15, 0.2) is 10.9 Å². The molecular formula is C25H17F3N2O3S. The summed E-state index contributed by atoms with van der Waals surface area (Å²) in [5, 5.41) is 5.38. The van der Waals surface area contributed by atoms with Crippen molar-refractivity contribution in [2.24, 2.45) is 0 Å². The predicted molar refractivity (Wildman–Crippen MR) is 126 cm³/mol. The Hall–Kier alpha value is -4.11. The standard InChI is InChI=1S/C25H17F3N2O3S/c26-25(27,28)17-7-4-6-16(14-17)21-12-13-22(33-21)23(31)30-24(34)29-18-8-5-11-20(15-18)32-19-9-2-1-3-10-19/h1-15H,(H2,29,30,31,34). The summed E-state index contributed by atoms with van der Waals surface area (Å²) in [5.74, 6) is 0.623. The number of carbonyl (C=O) groups excluding carboxylic acids is 1. The van der Waals surface area contributed by atoms with Crippen molar-refractivity contribution in [1.82, 2.24) is 5.32 Å². The van der Waals surface area contributed by atoms with Gasteiger partial charge in [-0.25, -0.2) is 0 Å². The van der Waals surface area contributed by atoms with E-state index < -0.39 is 17.6 Å². The zero-order valence-corrected chi connectivity index (χ0v) is 18.2. The molecule has 0 aliphatic rings. The fourth-order valence-electron chi connectivity index (χ4n) is 3.05. The zero-order chi connectivity index (χ0) is 24.1.